The lowest BCUT2D eigenvalue weighted by atomic mass is 9.96. The topological polar surface area (TPSA) is 68.9 Å². The summed E-state index contributed by atoms with van der Waals surface area (Å²) in [6, 6.07) is 51.9. The quantitative estimate of drug-likeness (QED) is 0.182. The molecular formula is C43H26N6. The van der Waals surface area contributed by atoms with E-state index in [1.54, 1.807) is 0 Å². The molecule has 0 saturated heterocycles. The van der Waals surface area contributed by atoms with Crippen LogP contribution in [0.15, 0.2) is 158 Å². The lowest BCUT2D eigenvalue weighted by molar-refractivity contribution is 1.08. The molecule has 0 N–H and O–H groups in total. The van der Waals surface area contributed by atoms with E-state index in [0.717, 1.165) is 71.5 Å². The number of rotatable bonds is 4. The van der Waals surface area contributed by atoms with Gasteiger partial charge in [0.25, 0.3) is 0 Å². The summed E-state index contributed by atoms with van der Waals surface area (Å²) in [4.78, 5) is 25.4. The third-order valence-corrected chi connectivity index (χ3v) is 9.27. The van der Waals surface area contributed by atoms with Crippen LogP contribution >= 0.6 is 0 Å². The minimum Gasteiger partial charge on any atom is -0.290 e. The Morgan fingerprint density at radius 2 is 0.980 bits per heavy atom. The van der Waals surface area contributed by atoms with Gasteiger partial charge in [-0.1, -0.05) is 121 Å². The fourth-order valence-electron chi connectivity index (χ4n) is 6.99. The van der Waals surface area contributed by atoms with Crippen molar-refractivity contribution in [2.24, 2.45) is 0 Å². The molecule has 0 aliphatic heterocycles. The Kier molecular flexibility index (Phi) is 6.08. The molecule has 0 amide bonds. The zero-order valence-corrected chi connectivity index (χ0v) is 26.2. The number of hydrogen-bond acceptors (Lipinski definition) is 5. The molecule has 228 valence electrons. The lowest BCUT2D eigenvalue weighted by Gasteiger charge is -2.15. The predicted octanol–water partition coefficient (Wildman–Crippen LogP) is 10.2. The number of benzene rings is 6. The zero-order valence-electron chi connectivity index (χ0n) is 26.2. The van der Waals surface area contributed by atoms with E-state index in [9.17, 15) is 0 Å². The molecule has 49 heavy (non-hydrogen) atoms. The summed E-state index contributed by atoms with van der Waals surface area (Å²) in [5.41, 5.74) is 9.86. The largest absolute Gasteiger partial charge is 0.290 e. The van der Waals surface area contributed by atoms with Crippen molar-refractivity contribution in [2.45, 2.75) is 0 Å². The average Bonchev–Trinajstić information content (AvgIpc) is 3.58. The van der Waals surface area contributed by atoms with Gasteiger partial charge in [0.05, 0.1) is 22.1 Å². The zero-order chi connectivity index (χ0) is 32.3. The molecule has 0 aliphatic rings. The van der Waals surface area contributed by atoms with Crippen LogP contribution in [0.5, 0.6) is 0 Å². The van der Waals surface area contributed by atoms with Crippen LogP contribution in [0, 0.1) is 0 Å². The molecule has 6 heteroatoms. The lowest BCUT2D eigenvalue weighted by Crippen LogP contribution is -2.01. The molecule has 0 atom stereocenters. The maximum atomic E-state index is 5.18. The maximum Gasteiger partial charge on any atom is 0.164 e. The fraction of sp³-hybridized carbons (Fsp3) is 0. The summed E-state index contributed by atoms with van der Waals surface area (Å²) in [7, 11) is 0. The first-order chi connectivity index (χ1) is 24.3. The van der Waals surface area contributed by atoms with Gasteiger partial charge in [0, 0.05) is 33.7 Å². The normalized spacial score (nSPS) is 11.7. The standard InChI is InChI=1S/C43H26N6/c1-3-12-27(13-4-1)28-21-23-30(24-22-28)41-46-40(29-14-5-2-6-15-29)47-42(48-41)33-26-34-38(32-17-8-7-16-31(32)33)43-45-35-18-9-10-19-36(35)49(43)37-20-11-25-44-39(34)37/h1-26H. The Hall–Kier alpha value is -6.79. The first-order valence-corrected chi connectivity index (χ1v) is 16.3. The van der Waals surface area contributed by atoms with E-state index in [1.807, 2.05) is 54.7 Å². The van der Waals surface area contributed by atoms with Crippen LogP contribution in [0.1, 0.15) is 0 Å². The summed E-state index contributed by atoms with van der Waals surface area (Å²) < 4.78 is 2.24. The van der Waals surface area contributed by atoms with E-state index in [0.29, 0.717) is 17.5 Å². The number of aromatic nitrogens is 6. The van der Waals surface area contributed by atoms with Gasteiger partial charge in [0.15, 0.2) is 17.5 Å². The second kappa shape index (κ2) is 10.9. The highest BCUT2D eigenvalue weighted by molar-refractivity contribution is 6.25. The van der Waals surface area contributed by atoms with Crippen molar-refractivity contribution in [3.8, 4) is 45.3 Å². The highest BCUT2D eigenvalue weighted by atomic mass is 15.0. The van der Waals surface area contributed by atoms with E-state index in [-0.39, 0.29) is 0 Å². The molecule has 4 aromatic heterocycles. The number of nitrogens with zero attached hydrogens (tertiary/aromatic N) is 6. The van der Waals surface area contributed by atoms with Gasteiger partial charge in [0.1, 0.15) is 5.65 Å². The van der Waals surface area contributed by atoms with Crippen LogP contribution in [0.4, 0.5) is 0 Å². The summed E-state index contributed by atoms with van der Waals surface area (Å²) in [6.07, 6.45) is 1.86. The van der Waals surface area contributed by atoms with Crippen LogP contribution in [0.2, 0.25) is 0 Å². The second-order valence-electron chi connectivity index (χ2n) is 12.1. The molecule has 0 radical (unpaired) electrons. The van der Waals surface area contributed by atoms with Gasteiger partial charge in [-0.25, -0.2) is 19.9 Å². The van der Waals surface area contributed by atoms with Crippen LogP contribution in [0.25, 0.3) is 94.5 Å². The first-order valence-electron chi connectivity index (χ1n) is 16.3. The van der Waals surface area contributed by atoms with Gasteiger partial charge in [0.2, 0.25) is 0 Å². The van der Waals surface area contributed by atoms with E-state index in [1.165, 1.54) is 5.56 Å². The molecule has 6 nitrogen and oxygen atoms in total. The van der Waals surface area contributed by atoms with Crippen molar-refractivity contribution in [3.63, 3.8) is 0 Å². The fourth-order valence-corrected chi connectivity index (χ4v) is 6.99. The Labute approximate surface area is 281 Å². The van der Waals surface area contributed by atoms with Gasteiger partial charge in [-0.2, -0.15) is 0 Å². The van der Waals surface area contributed by atoms with Gasteiger partial charge < -0.3 is 0 Å². The van der Waals surface area contributed by atoms with E-state index >= 15 is 0 Å². The van der Waals surface area contributed by atoms with Crippen LogP contribution in [-0.2, 0) is 0 Å². The van der Waals surface area contributed by atoms with Crippen molar-refractivity contribution in [3.05, 3.63) is 158 Å². The van der Waals surface area contributed by atoms with Crippen LogP contribution < -0.4 is 0 Å². The Morgan fingerprint density at radius 1 is 0.408 bits per heavy atom. The van der Waals surface area contributed by atoms with Crippen molar-refractivity contribution in [2.75, 3.05) is 0 Å². The van der Waals surface area contributed by atoms with Gasteiger partial charge >= 0.3 is 0 Å². The second-order valence-corrected chi connectivity index (χ2v) is 12.1. The third kappa shape index (κ3) is 4.38. The number of fused-ring (bicyclic) bond motifs is 10. The molecule has 6 aromatic carbocycles. The van der Waals surface area contributed by atoms with Crippen LogP contribution in [0.3, 0.4) is 0 Å². The Balaban J connectivity index is 1.27. The molecule has 4 heterocycles. The van der Waals surface area contributed by atoms with Gasteiger partial charge in [-0.3, -0.25) is 9.38 Å². The maximum absolute atomic E-state index is 5.18. The summed E-state index contributed by atoms with van der Waals surface area (Å²) in [5, 5.41) is 4.16. The van der Waals surface area contributed by atoms with Crippen molar-refractivity contribution >= 4 is 49.3 Å². The van der Waals surface area contributed by atoms with Crippen molar-refractivity contribution in [1.82, 2.24) is 29.3 Å². The summed E-state index contributed by atoms with van der Waals surface area (Å²) >= 11 is 0. The smallest absolute Gasteiger partial charge is 0.164 e. The van der Waals surface area contributed by atoms with Gasteiger partial charge in [-0.05, 0) is 52.2 Å². The highest BCUT2D eigenvalue weighted by Gasteiger charge is 2.21. The van der Waals surface area contributed by atoms with E-state index in [2.05, 4.69) is 108 Å². The molecular weight excluding hydrogens is 601 g/mol. The molecule has 0 unspecified atom stereocenters. The molecule has 0 saturated carbocycles. The number of hydrogen-bond donors (Lipinski definition) is 0. The monoisotopic (exact) mass is 626 g/mol. The van der Waals surface area contributed by atoms with Crippen LogP contribution in [-0.4, -0.2) is 29.3 Å². The van der Waals surface area contributed by atoms with Gasteiger partial charge in [-0.15, -0.1) is 0 Å². The molecule has 10 aromatic rings. The molecule has 0 spiro atoms. The number of para-hydroxylation sites is 2. The van der Waals surface area contributed by atoms with E-state index < -0.39 is 0 Å². The minimum atomic E-state index is 0.603. The molecule has 0 bridgehead atoms. The predicted molar refractivity (Wildman–Crippen MR) is 198 cm³/mol. The Bertz CT molecular complexity index is 2860. The summed E-state index contributed by atoms with van der Waals surface area (Å²) in [6.45, 7) is 0. The summed E-state index contributed by atoms with van der Waals surface area (Å²) in [5.74, 6) is 1.84. The highest BCUT2D eigenvalue weighted by Crippen LogP contribution is 2.40. The first kappa shape index (κ1) is 27.3. The Morgan fingerprint density at radius 3 is 1.76 bits per heavy atom. The average molecular weight is 627 g/mol. The molecule has 0 aliphatic carbocycles. The minimum absolute atomic E-state index is 0.603. The molecule has 10 rings (SSSR count). The number of imidazole rings is 1. The molecule has 0 fully saturated rings. The van der Waals surface area contributed by atoms with E-state index in [4.69, 9.17) is 24.9 Å². The van der Waals surface area contributed by atoms with Crippen molar-refractivity contribution in [1.29, 1.82) is 0 Å². The number of pyridine rings is 2. The third-order valence-electron chi connectivity index (χ3n) is 9.27. The van der Waals surface area contributed by atoms with Crippen molar-refractivity contribution < 1.29 is 0 Å². The SMILES string of the molecule is c1ccc(-c2ccc(-c3nc(-c4ccccc4)nc(-c4cc5c6ncccc6n6c7ccccc7nc6c5c5ccccc45)n3)cc2)cc1.